The van der Waals surface area contributed by atoms with Crippen LogP contribution in [0.5, 0.6) is 0 Å². The molecule has 0 amide bonds. The highest BCUT2D eigenvalue weighted by atomic mass is 15.3. The molecule has 0 saturated heterocycles. The van der Waals surface area contributed by atoms with Crippen LogP contribution in [0.4, 0.5) is 5.82 Å². The molecule has 1 aliphatic carbocycles. The molecule has 0 spiro atoms. The van der Waals surface area contributed by atoms with Crippen molar-refractivity contribution in [1.29, 1.82) is 0 Å². The van der Waals surface area contributed by atoms with E-state index in [1.165, 1.54) is 12.8 Å². The van der Waals surface area contributed by atoms with Crippen LogP contribution >= 0.6 is 0 Å². The molecule has 0 bridgehead atoms. The van der Waals surface area contributed by atoms with Crippen molar-refractivity contribution in [3.05, 3.63) is 17.8 Å². The first-order valence-corrected chi connectivity index (χ1v) is 7.24. The average Bonchev–Trinajstić information content (AvgIpc) is 3.20. The fourth-order valence-electron chi connectivity index (χ4n) is 1.93. The maximum atomic E-state index is 5.44. The summed E-state index contributed by atoms with van der Waals surface area (Å²) in [6, 6.07) is 4.05. The standard InChI is InChI=1S/C16H24N4/c1-5-10-20(12-13-6-7-13)15-9-8-14(18-19-15)11-17-16(2,3)4/h1,8-9,13,17H,6-7,10-12H2,2-4H3. The minimum Gasteiger partial charge on any atom is -0.344 e. The zero-order valence-electron chi connectivity index (χ0n) is 12.7. The zero-order chi connectivity index (χ0) is 14.6. The van der Waals surface area contributed by atoms with Crippen LogP contribution in [0.3, 0.4) is 0 Å². The number of nitrogens with zero attached hydrogens (tertiary/aromatic N) is 3. The second-order valence-electron chi connectivity index (χ2n) is 6.51. The molecule has 0 atom stereocenters. The van der Waals surface area contributed by atoms with Gasteiger partial charge in [-0.05, 0) is 51.7 Å². The van der Waals surface area contributed by atoms with Crippen molar-refractivity contribution >= 4 is 5.82 Å². The van der Waals surface area contributed by atoms with E-state index in [1.54, 1.807) is 0 Å². The third-order valence-corrected chi connectivity index (χ3v) is 3.29. The average molecular weight is 272 g/mol. The Hall–Kier alpha value is -1.60. The van der Waals surface area contributed by atoms with Crippen molar-refractivity contribution in [3.63, 3.8) is 0 Å². The van der Waals surface area contributed by atoms with E-state index in [9.17, 15) is 0 Å². The zero-order valence-corrected chi connectivity index (χ0v) is 12.7. The second-order valence-corrected chi connectivity index (χ2v) is 6.51. The summed E-state index contributed by atoms with van der Waals surface area (Å²) in [5, 5.41) is 12.0. The third-order valence-electron chi connectivity index (χ3n) is 3.29. The van der Waals surface area contributed by atoms with Gasteiger partial charge in [0.05, 0.1) is 12.2 Å². The molecule has 1 aromatic rings. The molecule has 20 heavy (non-hydrogen) atoms. The summed E-state index contributed by atoms with van der Waals surface area (Å²) in [5.41, 5.74) is 1.04. The van der Waals surface area contributed by atoms with Crippen LogP contribution in [0.25, 0.3) is 0 Å². The molecule has 0 aromatic carbocycles. The first-order valence-electron chi connectivity index (χ1n) is 7.24. The number of hydrogen-bond acceptors (Lipinski definition) is 4. The topological polar surface area (TPSA) is 41.0 Å². The quantitative estimate of drug-likeness (QED) is 0.806. The van der Waals surface area contributed by atoms with Gasteiger partial charge >= 0.3 is 0 Å². The molecule has 2 rings (SSSR count). The van der Waals surface area contributed by atoms with Crippen molar-refractivity contribution in [1.82, 2.24) is 15.5 Å². The monoisotopic (exact) mass is 272 g/mol. The van der Waals surface area contributed by atoms with Crippen molar-refractivity contribution in [2.45, 2.75) is 45.7 Å². The normalized spacial score (nSPS) is 14.9. The van der Waals surface area contributed by atoms with Crippen molar-refractivity contribution in [2.24, 2.45) is 5.92 Å². The third kappa shape index (κ3) is 4.82. The van der Waals surface area contributed by atoms with E-state index in [0.717, 1.165) is 30.5 Å². The Morgan fingerprint density at radius 1 is 1.35 bits per heavy atom. The molecule has 1 aromatic heterocycles. The molecule has 1 N–H and O–H groups in total. The number of terminal acetylenes is 1. The van der Waals surface area contributed by atoms with Gasteiger partial charge in [-0.1, -0.05) is 5.92 Å². The fraction of sp³-hybridized carbons (Fsp3) is 0.625. The first-order chi connectivity index (χ1) is 9.48. The smallest absolute Gasteiger partial charge is 0.152 e. The predicted molar refractivity (Wildman–Crippen MR) is 82.4 cm³/mol. The number of nitrogens with one attached hydrogen (secondary N) is 1. The van der Waals surface area contributed by atoms with Crippen LogP contribution in [-0.2, 0) is 6.54 Å². The molecule has 0 aliphatic heterocycles. The van der Waals surface area contributed by atoms with E-state index in [4.69, 9.17) is 6.42 Å². The Balaban J connectivity index is 1.96. The molecule has 108 valence electrons. The lowest BCUT2D eigenvalue weighted by atomic mass is 10.1. The van der Waals surface area contributed by atoms with Gasteiger partial charge in [-0.15, -0.1) is 11.5 Å². The number of rotatable bonds is 6. The Kier molecular flexibility index (Phi) is 4.61. The van der Waals surface area contributed by atoms with E-state index in [2.05, 4.69) is 47.1 Å². The second kappa shape index (κ2) is 6.23. The fourth-order valence-corrected chi connectivity index (χ4v) is 1.93. The number of anilines is 1. The summed E-state index contributed by atoms with van der Waals surface area (Å²) in [5.74, 6) is 4.37. The van der Waals surface area contributed by atoms with Crippen LogP contribution in [0.15, 0.2) is 12.1 Å². The van der Waals surface area contributed by atoms with Gasteiger partial charge in [-0.3, -0.25) is 0 Å². The number of hydrogen-bond donors (Lipinski definition) is 1. The van der Waals surface area contributed by atoms with E-state index in [1.807, 2.05) is 12.1 Å². The Labute approximate surface area is 122 Å². The summed E-state index contributed by atoms with van der Waals surface area (Å²) in [7, 11) is 0. The minimum atomic E-state index is 0.0851. The SMILES string of the molecule is C#CCN(CC1CC1)c1ccc(CNC(C)(C)C)nn1. The maximum Gasteiger partial charge on any atom is 0.152 e. The highest BCUT2D eigenvalue weighted by molar-refractivity contribution is 5.39. The molecule has 1 aliphatic rings. The molecular weight excluding hydrogens is 248 g/mol. The van der Waals surface area contributed by atoms with Gasteiger partial charge in [0, 0.05) is 18.6 Å². The van der Waals surface area contributed by atoms with Gasteiger partial charge in [-0.2, -0.15) is 5.10 Å². The Morgan fingerprint density at radius 2 is 2.10 bits per heavy atom. The minimum absolute atomic E-state index is 0.0851. The summed E-state index contributed by atoms with van der Waals surface area (Å²) in [6.07, 6.45) is 8.05. The van der Waals surface area contributed by atoms with Gasteiger partial charge in [0.1, 0.15) is 0 Å². The Bertz CT molecular complexity index is 463. The summed E-state index contributed by atoms with van der Waals surface area (Å²) >= 11 is 0. The lowest BCUT2D eigenvalue weighted by Crippen LogP contribution is -2.35. The number of aromatic nitrogens is 2. The van der Waals surface area contributed by atoms with Crippen molar-refractivity contribution < 1.29 is 0 Å². The van der Waals surface area contributed by atoms with E-state index in [0.29, 0.717) is 6.54 Å². The summed E-state index contributed by atoms with van der Waals surface area (Å²) < 4.78 is 0. The summed E-state index contributed by atoms with van der Waals surface area (Å²) in [4.78, 5) is 2.14. The van der Waals surface area contributed by atoms with E-state index in [-0.39, 0.29) is 5.54 Å². The van der Waals surface area contributed by atoms with Crippen molar-refractivity contribution in [2.75, 3.05) is 18.0 Å². The van der Waals surface area contributed by atoms with Gasteiger partial charge < -0.3 is 10.2 Å². The molecule has 1 saturated carbocycles. The lowest BCUT2D eigenvalue weighted by molar-refractivity contribution is 0.420. The molecule has 1 fully saturated rings. The maximum absolute atomic E-state index is 5.44. The molecule has 0 radical (unpaired) electrons. The van der Waals surface area contributed by atoms with E-state index < -0.39 is 0 Å². The van der Waals surface area contributed by atoms with Crippen LogP contribution in [0.2, 0.25) is 0 Å². The van der Waals surface area contributed by atoms with Gasteiger partial charge in [-0.25, -0.2) is 0 Å². The van der Waals surface area contributed by atoms with Crippen LogP contribution in [0, 0.1) is 18.3 Å². The predicted octanol–water partition coefficient (Wildman–Crippen LogP) is 2.21. The highest BCUT2D eigenvalue weighted by Crippen LogP contribution is 2.30. The van der Waals surface area contributed by atoms with Crippen LogP contribution < -0.4 is 10.2 Å². The molecule has 4 heteroatoms. The van der Waals surface area contributed by atoms with Gasteiger partial charge in [0.15, 0.2) is 5.82 Å². The van der Waals surface area contributed by atoms with Crippen LogP contribution in [0.1, 0.15) is 39.3 Å². The highest BCUT2D eigenvalue weighted by Gasteiger charge is 2.24. The first kappa shape index (κ1) is 14.8. The molecule has 1 heterocycles. The molecule has 4 nitrogen and oxygen atoms in total. The van der Waals surface area contributed by atoms with Gasteiger partial charge in [0.25, 0.3) is 0 Å². The van der Waals surface area contributed by atoms with Gasteiger partial charge in [0.2, 0.25) is 0 Å². The Morgan fingerprint density at radius 3 is 2.60 bits per heavy atom. The van der Waals surface area contributed by atoms with Crippen LogP contribution in [-0.4, -0.2) is 28.8 Å². The summed E-state index contributed by atoms with van der Waals surface area (Å²) in [6.45, 7) is 8.75. The van der Waals surface area contributed by atoms with E-state index >= 15 is 0 Å². The lowest BCUT2D eigenvalue weighted by Gasteiger charge is -2.22. The largest absolute Gasteiger partial charge is 0.344 e. The molecular formula is C16H24N4. The van der Waals surface area contributed by atoms with Crippen molar-refractivity contribution in [3.8, 4) is 12.3 Å². The molecule has 0 unspecified atom stereocenters.